The van der Waals surface area contributed by atoms with E-state index in [2.05, 4.69) is 0 Å². The minimum Gasteiger partial charge on any atom is -0.309 e. The van der Waals surface area contributed by atoms with E-state index in [9.17, 15) is 43.9 Å². The Hall–Kier alpha value is -11.3. The van der Waals surface area contributed by atoms with Crippen LogP contribution in [0.1, 0.15) is 88.0 Å². The summed E-state index contributed by atoms with van der Waals surface area (Å²) in [6, 6.07) is -46.9. The summed E-state index contributed by atoms with van der Waals surface area (Å²) < 4.78 is 448. The Balaban J connectivity index is 1.17. The van der Waals surface area contributed by atoms with Gasteiger partial charge in [0, 0.05) is 38.1 Å². The van der Waals surface area contributed by atoms with Gasteiger partial charge in [0.2, 0.25) is 5.95 Å². The molecule has 0 aliphatic heterocycles. The van der Waals surface area contributed by atoms with Gasteiger partial charge in [-0.25, -0.2) is 4.98 Å². The molecule has 13 aromatic carbocycles. The molecule has 0 saturated carbocycles. The normalized spacial score (nSPS) is 20.3. The number of hydrogen-bond donors (Lipinski definition) is 0. The van der Waals surface area contributed by atoms with Crippen LogP contribution in [0.4, 0.5) is 0 Å². The summed E-state index contributed by atoms with van der Waals surface area (Å²) in [5.74, 6) is -4.16. The first-order chi connectivity index (χ1) is 63.5. The zero-order valence-corrected chi connectivity index (χ0v) is 47.3. The third kappa shape index (κ3) is 8.47. The van der Waals surface area contributed by atoms with Gasteiger partial charge < -0.3 is 4.57 Å². The van der Waals surface area contributed by atoms with Crippen LogP contribution in [0.25, 0.3) is 123 Å². The van der Waals surface area contributed by atoms with Crippen molar-refractivity contribution in [3.05, 3.63) is 332 Å². The second kappa shape index (κ2) is 21.2. The number of hydrogen-bond acceptors (Lipinski definition) is 3. The van der Waals surface area contributed by atoms with Crippen molar-refractivity contribution in [3.8, 4) is 78.9 Å². The predicted molar refractivity (Wildman–Crippen MR) is 377 cm³/mol. The lowest BCUT2D eigenvalue weighted by molar-refractivity contribution is 0.660. The van der Waals surface area contributed by atoms with Gasteiger partial charge in [0.25, 0.3) is 0 Å². The quantitative estimate of drug-likeness (QED) is 0.0958. The highest BCUT2D eigenvalue weighted by Gasteiger charge is 2.43. The van der Waals surface area contributed by atoms with Crippen LogP contribution in [0.3, 0.4) is 0 Å². The lowest BCUT2D eigenvalue weighted by Gasteiger charge is -2.35. The second-order valence-electron chi connectivity index (χ2n) is 20.8. The third-order valence-corrected chi connectivity index (χ3v) is 19.6. The van der Waals surface area contributed by atoms with Crippen LogP contribution in [0.2, 0.25) is 0 Å². The number of nitrogens with zero attached hydrogens (tertiary/aromatic N) is 5. The number of rotatable bonds is 11. The summed E-state index contributed by atoms with van der Waals surface area (Å²) in [5.41, 5.74) is -11.7. The van der Waals surface area contributed by atoms with E-state index in [0.717, 1.165) is 5.56 Å². The molecular formula is C84H59N5Si. The van der Waals surface area contributed by atoms with Gasteiger partial charge in [-0.1, -0.05) is 292 Å². The van der Waals surface area contributed by atoms with Gasteiger partial charge in [0.15, 0.2) is 19.7 Å². The molecule has 16 aromatic rings. The van der Waals surface area contributed by atoms with E-state index in [1.165, 1.54) is 12.1 Å². The maximum atomic E-state index is 11.5. The Labute approximate surface area is 588 Å². The number of para-hydroxylation sites is 5. The molecule has 424 valence electrons. The number of aromatic nitrogens is 5. The fraction of sp³-hybridized carbons (Fsp3) is 0.0357. The molecule has 1 unspecified atom stereocenters. The largest absolute Gasteiger partial charge is 0.309 e. The first kappa shape index (κ1) is 24.0. The second-order valence-corrected chi connectivity index (χ2v) is 24.3. The van der Waals surface area contributed by atoms with E-state index < -0.39 is 418 Å². The zero-order valence-electron chi connectivity index (χ0n) is 92.3. The van der Waals surface area contributed by atoms with Gasteiger partial charge in [-0.05, 0) is 119 Å². The molecule has 6 heteroatoms. The highest BCUT2D eigenvalue weighted by atomic mass is 28.3. The molecular weight excluding hydrogens is 1110 g/mol. The van der Waals surface area contributed by atoms with Crippen molar-refractivity contribution in [2.75, 3.05) is 0 Å². The van der Waals surface area contributed by atoms with Crippen LogP contribution < -0.4 is 20.7 Å². The Morgan fingerprint density at radius 2 is 0.767 bits per heavy atom. The van der Waals surface area contributed by atoms with Crippen molar-refractivity contribution in [1.29, 1.82) is 0 Å². The van der Waals surface area contributed by atoms with Crippen LogP contribution in [0, 0.1) is 0 Å². The molecule has 0 radical (unpaired) electrons. The van der Waals surface area contributed by atoms with E-state index in [1.807, 2.05) is 19.9 Å². The van der Waals surface area contributed by atoms with Crippen molar-refractivity contribution in [2.24, 2.45) is 0 Å². The Kier molecular flexibility index (Phi) is 5.66. The van der Waals surface area contributed by atoms with Crippen LogP contribution in [0.15, 0.2) is 320 Å². The molecule has 0 saturated heterocycles. The van der Waals surface area contributed by atoms with Gasteiger partial charge in [0.05, 0.1) is 90.8 Å². The molecule has 17 rings (SSSR count). The van der Waals surface area contributed by atoms with Crippen molar-refractivity contribution >= 4 is 72.4 Å². The highest BCUT2D eigenvalue weighted by molar-refractivity contribution is 7.20. The lowest BCUT2D eigenvalue weighted by Crippen LogP contribution is -2.74. The predicted octanol–water partition coefficient (Wildman–Crippen LogP) is 18.1. The average Bonchev–Trinajstić information content (AvgIpc) is 1.01. The number of benzene rings is 13. The molecule has 5 nitrogen and oxygen atoms in total. The van der Waals surface area contributed by atoms with Gasteiger partial charge in [-0.3, -0.25) is 4.57 Å². The fourth-order valence-corrected chi connectivity index (χ4v) is 15.2. The first-order valence-electron chi connectivity index (χ1n) is 50.2. The minimum absolute atomic E-state index is 0.228. The summed E-state index contributed by atoms with van der Waals surface area (Å²) >= 11 is 0. The Morgan fingerprint density at radius 3 is 1.37 bits per heavy atom. The molecule has 3 heterocycles. The monoisotopic (exact) mass is 1210 g/mol. The fourth-order valence-electron chi connectivity index (χ4n) is 11.5. The van der Waals surface area contributed by atoms with Gasteiger partial charge in [0.1, 0.15) is 0 Å². The van der Waals surface area contributed by atoms with Crippen molar-refractivity contribution < 1.29 is 63.1 Å². The van der Waals surface area contributed by atoms with Crippen molar-refractivity contribution in [3.63, 3.8) is 0 Å². The molecule has 3 aromatic heterocycles. The average molecular weight is 1210 g/mol. The molecule has 0 bridgehead atoms. The summed E-state index contributed by atoms with van der Waals surface area (Å²) in [6.45, 7) is 3.62. The maximum Gasteiger partial charge on any atom is 0.238 e. The van der Waals surface area contributed by atoms with E-state index in [1.54, 1.807) is 24.3 Å². The van der Waals surface area contributed by atoms with Gasteiger partial charge in [-0.2, -0.15) is 9.97 Å². The summed E-state index contributed by atoms with van der Waals surface area (Å²) in [6.07, 6.45) is 0. The van der Waals surface area contributed by atoms with Crippen LogP contribution in [-0.2, 0) is 5.41 Å². The Morgan fingerprint density at radius 1 is 0.322 bits per heavy atom. The summed E-state index contributed by atoms with van der Waals surface area (Å²) in [7, 11) is -7.44. The van der Waals surface area contributed by atoms with E-state index >= 15 is 0 Å². The van der Waals surface area contributed by atoms with E-state index in [4.69, 9.17) is 34.1 Å². The lowest BCUT2D eigenvalue weighted by atomic mass is 9.81. The molecule has 0 amide bonds. The van der Waals surface area contributed by atoms with Crippen LogP contribution >= 0.6 is 0 Å². The molecule has 1 aliphatic carbocycles. The van der Waals surface area contributed by atoms with Crippen molar-refractivity contribution in [2.45, 2.75) is 19.3 Å². The summed E-state index contributed by atoms with van der Waals surface area (Å²) in [5, 5.41) is -8.94. The standard InChI is InChI=1S/C84H59N5Si/c1-84(2)74-40-15-9-34-67(74)68-51-48-61(55-75(68)84)60-29-22-32-65(53-60)90(63-49-46-58(47-50-63)56-24-5-3-6-25-56,64-31-21-28-59(52-64)57-26-7-4-8-27-57)66-33-23-30-62(54-66)81-85-82(87-83(86-81)89-78-43-18-12-37-71(78)72-38-13-19-44-79(72)89)73-39-14-20-45-80(73)88-76-41-16-10-35-69(76)70-36-11-17-42-77(70)88/h3-55H,1-2H3/i3D,4D,5D,6D,7D,8D,10D,11D,12D,13D,14D,16D,17D,18D,19D,20D,21D,22D,23D,24D,25D,26D,27D,28D,29D,30D,31D,32D,33D,35D,36D,37D,38D,39D,41D,42D,43D,44D,45D,46D,47D,49D,50D,52D,53D,54D. The third-order valence-electron chi connectivity index (χ3n) is 15.6. The molecule has 1 atom stereocenters. The molecule has 90 heavy (non-hydrogen) atoms. The van der Waals surface area contributed by atoms with Crippen LogP contribution in [-0.4, -0.2) is 32.2 Å². The highest BCUT2D eigenvalue weighted by Crippen LogP contribution is 2.49. The molecule has 0 N–H and O–H groups in total. The van der Waals surface area contributed by atoms with E-state index in [-0.39, 0.29) is 5.56 Å². The molecule has 0 spiro atoms. The topological polar surface area (TPSA) is 48.5 Å². The molecule has 0 fully saturated rings. The SMILES string of the molecule is [2H]c1c([2H])c([2H])c(-c2c([2H])c([2H])c([Si](c3c([2H])c([2H])c([2H])c(-c4ccc5c(c4)C(C)(C)c4ccccc4-5)c3[2H])(c3c([2H])c([2H])c([2H])c(-c4nc(-c5c([2H])c([2H])c([2H])c([2H])c5-n5c6c([2H])c([2H])c([2H])c([2H])c6c6c([2H])c([2H])c([2H])c([2H])c65)nc(-n5c6c([2H])c([2H])c([2H])c([2H])c6c6c([2H])c([2H])c([2H])c([2H])c65)n4)c3[2H])c3c([2H])c([2H])c([2H])c(-c4c([2H])c([2H])c([2H])c([2H])c4[2H])c3[2H])c([2H])c2[2H])c([2H])c1[2H]. The maximum absolute atomic E-state index is 11.5. The smallest absolute Gasteiger partial charge is 0.238 e. The zero-order chi connectivity index (χ0) is 99.9. The first-order valence-corrected chi connectivity index (χ1v) is 29.2. The van der Waals surface area contributed by atoms with Gasteiger partial charge >= 0.3 is 0 Å². The molecule has 1 aliphatic rings. The minimum atomic E-state index is -7.44. The van der Waals surface area contributed by atoms with Crippen LogP contribution in [0.5, 0.6) is 0 Å². The number of fused-ring (bicyclic) bond motifs is 9. The van der Waals surface area contributed by atoms with E-state index in [0.29, 0.717) is 25.8 Å². The van der Waals surface area contributed by atoms with Crippen molar-refractivity contribution in [1.82, 2.24) is 24.1 Å². The summed E-state index contributed by atoms with van der Waals surface area (Å²) in [4.78, 5) is 14.1. The van der Waals surface area contributed by atoms with Gasteiger partial charge in [-0.15, -0.1) is 0 Å². The Bertz CT molecular complexity index is 8110.